The molecule has 0 radical (unpaired) electrons. The maximum atomic E-state index is 13.1. The lowest BCUT2D eigenvalue weighted by molar-refractivity contribution is -0.118. The van der Waals surface area contributed by atoms with Crippen molar-refractivity contribution in [2.24, 2.45) is 5.92 Å². The summed E-state index contributed by atoms with van der Waals surface area (Å²) in [6.07, 6.45) is 0.688. The van der Waals surface area contributed by atoms with Crippen LogP contribution in [0, 0.1) is 17.2 Å². The first-order chi connectivity index (χ1) is 18.2. The molecule has 11 heteroatoms. The number of hydrogen-bond acceptors (Lipinski definition) is 6. The van der Waals surface area contributed by atoms with Crippen LogP contribution in [0.15, 0.2) is 46.0 Å². The van der Waals surface area contributed by atoms with Gasteiger partial charge in [-0.2, -0.15) is 5.26 Å². The molecule has 38 heavy (non-hydrogen) atoms. The summed E-state index contributed by atoms with van der Waals surface area (Å²) in [5.41, 5.74) is 0.893. The summed E-state index contributed by atoms with van der Waals surface area (Å²) < 4.78 is 7.75. The minimum Gasteiger partial charge on any atom is -0.385 e. The van der Waals surface area contributed by atoms with Gasteiger partial charge in [0.2, 0.25) is 11.8 Å². The van der Waals surface area contributed by atoms with Gasteiger partial charge >= 0.3 is 5.69 Å². The molecule has 0 fully saturated rings. The lowest BCUT2D eigenvalue weighted by atomic mass is 10.0. The van der Waals surface area contributed by atoms with Gasteiger partial charge in [-0.05, 0) is 55.7 Å². The van der Waals surface area contributed by atoms with Crippen molar-refractivity contribution >= 4 is 45.7 Å². The highest BCUT2D eigenvalue weighted by atomic mass is 35.5. The van der Waals surface area contributed by atoms with Crippen molar-refractivity contribution in [2.75, 3.05) is 24.4 Å². The van der Waals surface area contributed by atoms with Gasteiger partial charge in [-0.15, -0.1) is 0 Å². The van der Waals surface area contributed by atoms with Crippen LogP contribution in [0.1, 0.15) is 38.7 Å². The minimum absolute atomic E-state index is 0.0787. The van der Waals surface area contributed by atoms with Crippen LogP contribution in [0.3, 0.4) is 0 Å². The molecule has 200 valence electrons. The zero-order valence-corrected chi connectivity index (χ0v) is 22.3. The molecule has 3 aromatic rings. The summed E-state index contributed by atoms with van der Waals surface area (Å²) >= 11 is 6.00. The Kier molecular flexibility index (Phi) is 9.82. The number of carbonyl (C=O) groups excluding carboxylic acids is 2. The number of nitrogens with zero attached hydrogens (tertiary/aromatic N) is 3. The lowest BCUT2D eigenvalue weighted by Crippen LogP contribution is -2.40. The number of fused-ring (bicyclic) bond motifs is 1. The second kappa shape index (κ2) is 13.0. The van der Waals surface area contributed by atoms with E-state index >= 15 is 0 Å². The number of aryl methyl sites for hydroxylation is 1. The summed E-state index contributed by atoms with van der Waals surface area (Å²) in [5.74, 6) is -0.869. The van der Waals surface area contributed by atoms with Gasteiger partial charge in [0.15, 0.2) is 0 Å². The van der Waals surface area contributed by atoms with E-state index in [1.165, 1.54) is 21.3 Å². The molecule has 2 N–H and O–H groups in total. The van der Waals surface area contributed by atoms with Crippen molar-refractivity contribution in [1.29, 1.82) is 5.26 Å². The van der Waals surface area contributed by atoms with Gasteiger partial charge in [-0.1, -0.05) is 18.5 Å². The second-order valence-corrected chi connectivity index (χ2v) is 9.39. The number of nitrogens with one attached hydrogen (secondary N) is 2. The summed E-state index contributed by atoms with van der Waals surface area (Å²) in [4.78, 5) is 51.0. The molecule has 1 heterocycles. The standard InChI is InChI=1S/C27H30ClN5O5/c1-4-32-23-9-8-19(14-21(23)26(36)33(27(32)37)10-5-11-38-3)30-24(34)12-17(2)13-25(35)31-20-7-6-18(16-29)22(28)15-20/h6-9,14-15,17H,4-5,10-13H2,1-3H3,(H,30,34)(H,31,35). The van der Waals surface area contributed by atoms with Gasteiger partial charge in [-0.25, -0.2) is 4.79 Å². The molecule has 1 unspecified atom stereocenters. The average Bonchev–Trinajstić information content (AvgIpc) is 2.86. The topological polar surface area (TPSA) is 135 Å². The number of nitriles is 1. The molecule has 10 nitrogen and oxygen atoms in total. The van der Waals surface area contributed by atoms with Gasteiger partial charge in [0.25, 0.3) is 5.56 Å². The van der Waals surface area contributed by atoms with Crippen molar-refractivity contribution in [3.63, 3.8) is 0 Å². The van der Waals surface area contributed by atoms with Crippen molar-refractivity contribution in [2.45, 2.75) is 46.2 Å². The lowest BCUT2D eigenvalue weighted by Gasteiger charge is -2.15. The molecule has 1 aromatic heterocycles. The van der Waals surface area contributed by atoms with E-state index in [4.69, 9.17) is 21.6 Å². The van der Waals surface area contributed by atoms with E-state index in [9.17, 15) is 19.2 Å². The van der Waals surface area contributed by atoms with Gasteiger partial charge in [0.05, 0.1) is 21.5 Å². The Balaban J connectivity index is 1.68. The van der Waals surface area contributed by atoms with Gasteiger partial charge in [-0.3, -0.25) is 23.5 Å². The maximum absolute atomic E-state index is 13.1. The first-order valence-corrected chi connectivity index (χ1v) is 12.6. The van der Waals surface area contributed by atoms with Crippen LogP contribution in [0.2, 0.25) is 5.02 Å². The number of hydrogen-bond donors (Lipinski definition) is 2. The Morgan fingerprint density at radius 2 is 1.68 bits per heavy atom. The van der Waals surface area contributed by atoms with Gasteiger partial charge in [0.1, 0.15) is 6.07 Å². The molecule has 0 spiro atoms. The van der Waals surface area contributed by atoms with Crippen molar-refractivity contribution < 1.29 is 14.3 Å². The zero-order chi connectivity index (χ0) is 27.8. The fourth-order valence-electron chi connectivity index (χ4n) is 4.18. The van der Waals surface area contributed by atoms with Gasteiger partial charge in [0, 0.05) is 51.0 Å². The van der Waals surface area contributed by atoms with E-state index in [0.29, 0.717) is 47.4 Å². The summed E-state index contributed by atoms with van der Waals surface area (Å²) in [6, 6.07) is 11.4. The largest absolute Gasteiger partial charge is 0.385 e. The smallest absolute Gasteiger partial charge is 0.331 e. The van der Waals surface area contributed by atoms with Gasteiger partial charge < -0.3 is 15.4 Å². The predicted octanol–water partition coefficient (Wildman–Crippen LogP) is 3.74. The Hall–Kier alpha value is -3.94. The zero-order valence-electron chi connectivity index (χ0n) is 21.5. The van der Waals surface area contributed by atoms with Crippen LogP contribution in [0.25, 0.3) is 10.9 Å². The van der Waals surface area contributed by atoms with Crippen LogP contribution in [-0.4, -0.2) is 34.7 Å². The van der Waals surface area contributed by atoms with Crippen molar-refractivity contribution in [1.82, 2.24) is 9.13 Å². The highest BCUT2D eigenvalue weighted by Gasteiger charge is 2.16. The number of aromatic nitrogens is 2. The fourth-order valence-corrected chi connectivity index (χ4v) is 4.41. The number of amides is 2. The number of methoxy groups -OCH3 is 1. The van der Waals surface area contributed by atoms with E-state index in [0.717, 1.165) is 0 Å². The molecule has 0 aliphatic rings. The quantitative estimate of drug-likeness (QED) is 0.356. The number of ether oxygens (including phenoxy) is 1. The Bertz CT molecular complexity index is 1500. The number of halogens is 1. The Morgan fingerprint density at radius 1 is 1.05 bits per heavy atom. The fraction of sp³-hybridized carbons (Fsp3) is 0.370. The van der Waals surface area contributed by atoms with Crippen molar-refractivity contribution in [3.05, 3.63) is 67.8 Å². The predicted molar refractivity (Wildman–Crippen MR) is 146 cm³/mol. The Morgan fingerprint density at radius 3 is 2.26 bits per heavy atom. The molecule has 0 saturated carbocycles. The third-order valence-electron chi connectivity index (χ3n) is 6.00. The molecular weight excluding hydrogens is 510 g/mol. The monoisotopic (exact) mass is 539 g/mol. The maximum Gasteiger partial charge on any atom is 0.331 e. The van der Waals surface area contributed by atoms with Crippen LogP contribution in [0.4, 0.5) is 11.4 Å². The minimum atomic E-state index is -0.421. The van der Waals surface area contributed by atoms with E-state index in [1.807, 2.05) is 13.0 Å². The molecule has 0 aliphatic heterocycles. The number of carbonyl (C=O) groups is 2. The highest BCUT2D eigenvalue weighted by molar-refractivity contribution is 6.32. The number of benzene rings is 2. The molecule has 0 saturated heterocycles. The normalized spacial score (nSPS) is 11.7. The third kappa shape index (κ3) is 6.88. The van der Waals surface area contributed by atoms with Crippen molar-refractivity contribution in [3.8, 4) is 6.07 Å². The van der Waals surface area contributed by atoms with Crippen LogP contribution >= 0.6 is 11.6 Å². The average molecular weight is 540 g/mol. The first-order valence-electron chi connectivity index (χ1n) is 12.2. The third-order valence-corrected chi connectivity index (χ3v) is 6.31. The second-order valence-electron chi connectivity index (χ2n) is 8.98. The van der Waals surface area contributed by atoms with E-state index in [1.54, 1.807) is 38.3 Å². The SMILES string of the molecule is CCn1c(=O)n(CCCOC)c(=O)c2cc(NC(=O)CC(C)CC(=O)Nc3ccc(C#N)c(Cl)c3)ccc21. The van der Waals surface area contributed by atoms with Crippen LogP contribution < -0.4 is 21.9 Å². The van der Waals surface area contributed by atoms with E-state index in [-0.39, 0.29) is 47.8 Å². The molecule has 1 atom stereocenters. The summed E-state index contributed by atoms with van der Waals surface area (Å²) in [6.45, 7) is 4.65. The summed E-state index contributed by atoms with van der Waals surface area (Å²) in [5, 5.41) is 15.0. The van der Waals surface area contributed by atoms with E-state index in [2.05, 4.69) is 10.6 Å². The summed E-state index contributed by atoms with van der Waals surface area (Å²) in [7, 11) is 1.56. The van der Waals surface area contributed by atoms with E-state index < -0.39 is 5.56 Å². The van der Waals surface area contributed by atoms with Crippen LogP contribution in [-0.2, 0) is 27.4 Å². The number of anilines is 2. The molecule has 0 bridgehead atoms. The van der Waals surface area contributed by atoms with Crippen LogP contribution in [0.5, 0.6) is 0 Å². The molecular formula is C27H30ClN5O5. The molecule has 2 amide bonds. The first kappa shape index (κ1) is 28.6. The molecule has 3 rings (SSSR count). The molecule has 2 aromatic carbocycles. The molecule has 0 aliphatic carbocycles. The number of rotatable bonds is 11. The highest BCUT2D eigenvalue weighted by Crippen LogP contribution is 2.21. The Labute approximate surface area is 224 Å².